The van der Waals surface area contributed by atoms with E-state index in [2.05, 4.69) is 37.0 Å². The van der Waals surface area contributed by atoms with E-state index in [0.717, 1.165) is 43.6 Å². The molecule has 1 aromatic heterocycles. The van der Waals surface area contributed by atoms with E-state index in [4.69, 9.17) is 0 Å². The Bertz CT molecular complexity index is 912. The highest BCUT2D eigenvalue weighted by Crippen LogP contribution is 2.33. The van der Waals surface area contributed by atoms with Crippen LogP contribution in [0.15, 0.2) is 30.3 Å². The van der Waals surface area contributed by atoms with Crippen LogP contribution in [0.2, 0.25) is 0 Å². The number of hydrogen-bond donors (Lipinski definition) is 1. The van der Waals surface area contributed by atoms with Crippen molar-refractivity contribution in [3.8, 4) is 0 Å². The number of para-hydroxylation sites is 1. The van der Waals surface area contributed by atoms with Gasteiger partial charge in [-0.3, -0.25) is 14.7 Å². The van der Waals surface area contributed by atoms with Gasteiger partial charge in [0.1, 0.15) is 0 Å². The molecule has 2 aliphatic rings. The molecule has 4 rings (SSSR count). The molecule has 154 valence electrons. The van der Waals surface area contributed by atoms with Gasteiger partial charge in [-0.05, 0) is 48.8 Å². The molecule has 3 heterocycles. The monoisotopic (exact) mass is 394 g/mol. The number of nitrogens with zero attached hydrogens (tertiary/aromatic N) is 3. The third-order valence-electron chi connectivity index (χ3n) is 5.81. The number of carbonyl (C=O) groups excluding carboxylic acids is 2. The van der Waals surface area contributed by atoms with Crippen molar-refractivity contribution < 1.29 is 9.59 Å². The predicted molar refractivity (Wildman–Crippen MR) is 113 cm³/mol. The SMILES string of the molecule is CC(C)(C)CC(=O)N1CCCCC1c1cc(C(=O)N2CCc3ccccc32)n[nH]1. The number of rotatable bonds is 3. The lowest BCUT2D eigenvalue weighted by molar-refractivity contribution is -0.137. The minimum atomic E-state index is -0.0826. The number of piperidine rings is 1. The zero-order valence-corrected chi connectivity index (χ0v) is 17.6. The van der Waals surface area contributed by atoms with Gasteiger partial charge < -0.3 is 9.80 Å². The van der Waals surface area contributed by atoms with Crippen molar-refractivity contribution in [2.24, 2.45) is 5.41 Å². The van der Waals surface area contributed by atoms with Crippen molar-refractivity contribution >= 4 is 17.5 Å². The number of H-pyrrole nitrogens is 1. The Morgan fingerprint density at radius 3 is 2.76 bits per heavy atom. The van der Waals surface area contributed by atoms with Crippen molar-refractivity contribution in [1.82, 2.24) is 15.1 Å². The van der Waals surface area contributed by atoms with Crippen molar-refractivity contribution in [1.29, 1.82) is 0 Å². The second-order valence-electron chi connectivity index (χ2n) is 9.38. The van der Waals surface area contributed by atoms with Gasteiger partial charge in [0.05, 0.1) is 11.7 Å². The second kappa shape index (κ2) is 7.65. The number of likely N-dealkylation sites (tertiary alicyclic amines) is 1. The Labute approximate surface area is 172 Å². The molecule has 0 aliphatic carbocycles. The fourth-order valence-corrected chi connectivity index (χ4v) is 4.41. The van der Waals surface area contributed by atoms with E-state index in [1.165, 1.54) is 5.56 Å². The van der Waals surface area contributed by atoms with Gasteiger partial charge in [0.2, 0.25) is 5.91 Å². The zero-order chi connectivity index (χ0) is 20.6. The predicted octanol–water partition coefficient (Wildman–Crippen LogP) is 4.10. The Balaban J connectivity index is 1.53. The van der Waals surface area contributed by atoms with Crippen LogP contribution in [0.1, 0.15) is 74.2 Å². The van der Waals surface area contributed by atoms with Gasteiger partial charge in [-0.2, -0.15) is 5.10 Å². The molecule has 1 N–H and O–H groups in total. The molecular formula is C23H30N4O2. The minimum Gasteiger partial charge on any atom is -0.334 e. The van der Waals surface area contributed by atoms with Crippen LogP contribution in [-0.4, -0.2) is 40.0 Å². The summed E-state index contributed by atoms with van der Waals surface area (Å²) >= 11 is 0. The molecule has 1 aromatic carbocycles. The Morgan fingerprint density at radius 1 is 1.17 bits per heavy atom. The largest absolute Gasteiger partial charge is 0.334 e. The van der Waals surface area contributed by atoms with Crippen LogP contribution in [0.3, 0.4) is 0 Å². The lowest BCUT2D eigenvalue weighted by Gasteiger charge is -2.36. The smallest absolute Gasteiger partial charge is 0.278 e. The lowest BCUT2D eigenvalue weighted by Crippen LogP contribution is -2.40. The van der Waals surface area contributed by atoms with Crippen LogP contribution < -0.4 is 4.90 Å². The van der Waals surface area contributed by atoms with Gasteiger partial charge in [0.15, 0.2) is 5.69 Å². The molecule has 2 aliphatic heterocycles. The summed E-state index contributed by atoms with van der Waals surface area (Å²) in [6.07, 6.45) is 4.39. The Kier molecular flexibility index (Phi) is 5.19. The maximum atomic E-state index is 13.1. The van der Waals surface area contributed by atoms with Crippen LogP contribution in [0, 0.1) is 5.41 Å². The van der Waals surface area contributed by atoms with Crippen molar-refractivity contribution in [3.05, 3.63) is 47.3 Å². The normalized spacial score (nSPS) is 19.3. The second-order valence-corrected chi connectivity index (χ2v) is 9.38. The fourth-order valence-electron chi connectivity index (χ4n) is 4.41. The van der Waals surface area contributed by atoms with Gasteiger partial charge >= 0.3 is 0 Å². The maximum absolute atomic E-state index is 13.1. The lowest BCUT2D eigenvalue weighted by atomic mass is 9.90. The maximum Gasteiger partial charge on any atom is 0.278 e. The molecule has 1 saturated heterocycles. The van der Waals surface area contributed by atoms with Crippen LogP contribution in [-0.2, 0) is 11.2 Å². The average molecular weight is 395 g/mol. The van der Waals surface area contributed by atoms with E-state index in [-0.39, 0.29) is 23.3 Å². The highest BCUT2D eigenvalue weighted by Gasteiger charge is 2.33. The highest BCUT2D eigenvalue weighted by molar-refractivity contribution is 6.06. The number of benzene rings is 1. The first-order chi connectivity index (χ1) is 13.8. The molecule has 0 saturated carbocycles. The molecule has 0 bridgehead atoms. The number of nitrogens with one attached hydrogen (secondary N) is 1. The fraction of sp³-hybridized carbons (Fsp3) is 0.522. The zero-order valence-electron chi connectivity index (χ0n) is 17.6. The van der Waals surface area contributed by atoms with Crippen molar-refractivity contribution in [2.75, 3.05) is 18.0 Å². The van der Waals surface area contributed by atoms with Crippen LogP contribution in [0.5, 0.6) is 0 Å². The van der Waals surface area contributed by atoms with Crippen LogP contribution in [0.4, 0.5) is 5.69 Å². The number of hydrogen-bond acceptors (Lipinski definition) is 3. The summed E-state index contributed by atoms with van der Waals surface area (Å²) in [5.41, 5.74) is 3.41. The average Bonchev–Trinajstić information content (AvgIpc) is 3.34. The first-order valence-electron chi connectivity index (χ1n) is 10.6. The Morgan fingerprint density at radius 2 is 1.97 bits per heavy atom. The first kappa shape index (κ1) is 19.7. The number of aromatic amines is 1. The van der Waals surface area contributed by atoms with E-state index in [1.807, 2.05) is 29.2 Å². The van der Waals surface area contributed by atoms with Gasteiger partial charge in [-0.25, -0.2) is 0 Å². The summed E-state index contributed by atoms with van der Waals surface area (Å²) in [6.45, 7) is 7.71. The Hall–Kier alpha value is -2.63. The van der Waals surface area contributed by atoms with Gasteiger partial charge in [0.25, 0.3) is 5.91 Å². The number of fused-ring (bicyclic) bond motifs is 1. The number of aromatic nitrogens is 2. The van der Waals surface area contributed by atoms with E-state index < -0.39 is 0 Å². The number of anilines is 1. The molecule has 1 atom stereocenters. The summed E-state index contributed by atoms with van der Waals surface area (Å²) in [6, 6.07) is 9.84. The van der Waals surface area contributed by atoms with Crippen LogP contribution >= 0.6 is 0 Å². The molecule has 6 nitrogen and oxygen atoms in total. The molecule has 0 spiro atoms. The van der Waals surface area contributed by atoms with E-state index in [9.17, 15) is 9.59 Å². The number of amides is 2. The molecule has 0 radical (unpaired) electrons. The standard InChI is InChI=1S/C23H30N4O2/c1-23(2,3)15-21(28)26-12-7-6-10-20(26)17-14-18(25-24-17)22(29)27-13-11-16-8-4-5-9-19(16)27/h4-5,8-9,14,20H,6-7,10-13,15H2,1-3H3,(H,24,25). The third-order valence-corrected chi connectivity index (χ3v) is 5.81. The van der Waals surface area contributed by atoms with Gasteiger partial charge in [-0.15, -0.1) is 0 Å². The summed E-state index contributed by atoms with van der Waals surface area (Å²) < 4.78 is 0. The summed E-state index contributed by atoms with van der Waals surface area (Å²) in [5.74, 6) is 0.0963. The molecular weight excluding hydrogens is 364 g/mol. The van der Waals surface area contributed by atoms with Crippen molar-refractivity contribution in [2.45, 2.75) is 58.9 Å². The molecule has 1 fully saturated rings. The molecule has 1 unspecified atom stereocenters. The highest BCUT2D eigenvalue weighted by atomic mass is 16.2. The summed E-state index contributed by atoms with van der Waals surface area (Å²) in [7, 11) is 0. The van der Waals surface area contributed by atoms with E-state index in [1.54, 1.807) is 4.90 Å². The topological polar surface area (TPSA) is 69.3 Å². The molecule has 2 aromatic rings. The van der Waals surface area contributed by atoms with E-state index >= 15 is 0 Å². The summed E-state index contributed by atoms with van der Waals surface area (Å²) in [4.78, 5) is 29.8. The van der Waals surface area contributed by atoms with E-state index in [0.29, 0.717) is 18.7 Å². The third kappa shape index (κ3) is 4.07. The first-order valence-corrected chi connectivity index (χ1v) is 10.6. The molecule has 2 amide bonds. The molecule has 6 heteroatoms. The summed E-state index contributed by atoms with van der Waals surface area (Å²) in [5, 5.41) is 7.38. The van der Waals surface area contributed by atoms with Crippen LogP contribution in [0.25, 0.3) is 0 Å². The minimum absolute atomic E-state index is 0.0292. The van der Waals surface area contributed by atoms with Gasteiger partial charge in [-0.1, -0.05) is 39.0 Å². The van der Waals surface area contributed by atoms with Crippen molar-refractivity contribution in [3.63, 3.8) is 0 Å². The number of carbonyl (C=O) groups is 2. The quantitative estimate of drug-likeness (QED) is 0.852. The van der Waals surface area contributed by atoms with Gasteiger partial charge in [0, 0.05) is 25.2 Å². The molecule has 29 heavy (non-hydrogen) atoms.